The molecule has 0 bridgehead atoms. The van der Waals surface area contributed by atoms with Crippen LogP contribution < -0.4 is 10.1 Å². The second-order valence-corrected chi connectivity index (χ2v) is 6.89. The highest BCUT2D eigenvalue weighted by atomic mass is 127. The number of amides is 1. The molecule has 0 aliphatic rings. The lowest BCUT2D eigenvalue weighted by atomic mass is 10.2. The quantitative estimate of drug-likeness (QED) is 0.410. The second kappa shape index (κ2) is 8.17. The molecule has 1 N–H and O–H groups in total. The normalized spacial score (nSPS) is 10.5. The van der Waals surface area contributed by atoms with E-state index in [1.54, 1.807) is 42.7 Å². The van der Waals surface area contributed by atoms with Crippen molar-refractivity contribution < 1.29 is 13.9 Å². The van der Waals surface area contributed by atoms with Gasteiger partial charge in [0.2, 0.25) is 11.8 Å². The summed E-state index contributed by atoms with van der Waals surface area (Å²) < 4.78 is 12.4. The first kappa shape index (κ1) is 18.1. The first-order valence-corrected chi connectivity index (χ1v) is 9.33. The fraction of sp³-hybridized carbons (Fsp3) is 0. The van der Waals surface area contributed by atoms with E-state index in [2.05, 4.69) is 42.9 Å². The molecular weight excluding hydrogens is 471 g/mol. The molecule has 1 amide bonds. The van der Waals surface area contributed by atoms with Gasteiger partial charge in [-0.3, -0.25) is 10.1 Å². The predicted molar refractivity (Wildman–Crippen MR) is 111 cm³/mol. The third-order valence-electron chi connectivity index (χ3n) is 3.70. The summed E-state index contributed by atoms with van der Waals surface area (Å²) in [4.78, 5) is 24.4. The number of anilines is 1. The summed E-state index contributed by atoms with van der Waals surface area (Å²) in [5.41, 5.74) is 1.32. The number of nitrogens with zero attached hydrogens (tertiary/aromatic N) is 3. The molecule has 0 saturated heterocycles. The Morgan fingerprint density at radius 1 is 0.964 bits per heavy atom. The Labute approximate surface area is 174 Å². The highest BCUT2D eigenvalue weighted by Crippen LogP contribution is 2.27. The van der Waals surface area contributed by atoms with E-state index in [0.717, 1.165) is 9.13 Å². The Balaban J connectivity index is 1.42. The van der Waals surface area contributed by atoms with Gasteiger partial charge in [-0.2, -0.15) is 0 Å². The number of aromatic nitrogens is 3. The van der Waals surface area contributed by atoms with E-state index >= 15 is 0 Å². The largest absolute Gasteiger partial charge is 0.425 e. The molecular formula is C20H13IN4O3. The Morgan fingerprint density at radius 3 is 2.39 bits per heavy atom. The zero-order valence-corrected chi connectivity index (χ0v) is 16.5. The smallest absolute Gasteiger partial charge is 0.311 e. The average molecular weight is 484 g/mol. The van der Waals surface area contributed by atoms with Crippen molar-refractivity contribution in [3.8, 4) is 23.1 Å². The summed E-state index contributed by atoms with van der Waals surface area (Å²) in [6.07, 6.45) is 4.63. The first-order valence-electron chi connectivity index (χ1n) is 8.25. The lowest BCUT2D eigenvalue weighted by Gasteiger charge is -2.05. The number of halogens is 1. The van der Waals surface area contributed by atoms with Crippen LogP contribution in [0.4, 0.5) is 5.95 Å². The number of hydrogen-bond acceptors (Lipinski definition) is 6. The van der Waals surface area contributed by atoms with Crippen molar-refractivity contribution in [3.05, 3.63) is 82.3 Å². The van der Waals surface area contributed by atoms with Gasteiger partial charge in [-0.05, 0) is 77.2 Å². The summed E-state index contributed by atoms with van der Waals surface area (Å²) in [6.45, 7) is 0. The van der Waals surface area contributed by atoms with E-state index in [0.29, 0.717) is 17.2 Å². The summed E-state index contributed by atoms with van der Waals surface area (Å²) in [6, 6.07) is 16.1. The Hall–Kier alpha value is -3.27. The zero-order chi connectivity index (χ0) is 19.3. The summed E-state index contributed by atoms with van der Waals surface area (Å²) in [7, 11) is 0. The number of ether oxygens (including phenoxy) is 1. The maximum Gasteiger partial charge on any atom is 0.311 e. The number of oxazole rings is 1. The summed E-state index contributed by atoms with van der Waals surface area (Å²) in [5.74, 6) is 1.21. The van der Waals surface area contributed by atoms with Crippen LogP contribution in [0.2, 0.25) is 0 Å². The molecule has 0 spiro atoms. The number of hydrogen-bond donors (Lipinski definition) is 1. The van der Waals surface area contributed by atoms with Gasteiger partial charge in [-0.25, -0.2) is 15.0 Å². The van der Waals surface area contributed by atoms with Crippen LogP contribution in [-0.2, 0) is 0 Å². The topological polar surface area (TPSA) is 90.1 Å². The van der Waals surface area contributed by atoms with Crippen LogP contribution in [0.1, 0.15) is 10.4 Å². The minimum atomic E-state index is -0.307. The Kier molecular flexibility index (Phi) is 5.29. The molecule has 2 aromatic carbocycles. The van der Waals surface area contributed by atoms with Gasteiger partial charge >= 0.3 is 5.95 Å². The highest BCUT2D eigenvalue weighted by molar-refractivity contribution is 14.1. The van der Waals surface area contributed by atoms with Gasteiger partial charge in [0.1, 0.15) is 11.9 Å². The van der Waals surface area contributed by atoms with E-state index in [1.807, 2.05) is 24.3 Å². The molecule has 4 aromatic rings. The van der Waals surface area contributed by atoms with Crippen molar-refractivity contribution in [2.45, 2.75) is 0 Å². The summed E-state index contributed by atoms with van der Waals surface area (Å²) >= 11 is 2.24. The van der Waals surface area contributed by atoms with E-state index in [4.69, 9.17) is 9.15 Å². The van der Waals surface area contributed by atoms with Gasteiger partial charge in [0.25, 0.3) is 5.91 Å². The number of rotatable bonds is 5. The van der Waals surface area contributed by atoms with E-state index in [9.17, 15) is 4.79 Å². The Bertz CT molecular complexity index is 1080. The van der Waals surface area contributed by atoms with Crippen LogP contribution in [0.5, 0.6) is 11.7 Å². The minimum Gasteiger partial charge on any atom is -0.425 e. The van der Waals surface area contributed by atoms with Crippen LogP contribution >= 0.6 is 22.6 Å². The van der Waals surface area contributed by atoms with Crippen LogP contribution in [0, 0.1) is 3.57 Å². The highest BCUT2D eigenvalue weighted by Gasteiger charge is 2.10. The maximum atomic E-state index is 12.2. The van der Waals surface area contributed by atoms with Crippen molar-refractivity contribution in [3.63, 3.8) is 0 Å². The molecule has 8 heteroatoms. The number of benzene rings is 2. The van der Waals surface area contributed by atoms with E-state index < -0.39 is 0 Å². The molecule has 0 fully saturated rings. The van der Waals surface area contributed by atoms with Crippen LogP contribution in [0.3, 0.4) is 0 Å². The van der Waals surface area contributed by atoms with Crippen molar-refractivity contribution in [1.82, 2.24) is 15.0 Å². The molecule has 0 saturated carbocycles. The third kappa shape index (κ3) is 4.34. The zero-order valence-electron chi connectivity index (χ0n) is 14.4. The Morgan fingerprint density at radius 2 is 1.68 bits per heavy atom. The monoisotopic (exact) mass is 484 g/mol. The predicted octanol–water partition coefficient (Wildman–Crippen LogP) is 4.78. The van der Waals surface area contributed by atoms with E-state index in [-0.39, 0.29) is 17.8 Å². The van der Waals surface area contributed by atoms with Gasteiger partial charge in [-0.15, -0.1) is 0 Å². The molecule has 7 nitrogen and oxygen atoms in total. The van der Waals surface area contributed by atoms with Crippen molar-refractivity contribution >= 4 is 34.4 Å². The number of carbonyl (C=O) groups is 1. The first-order chi connectivity index (χ1) is 13.7. The van der Waals surface area contributed by atoms with Gasteiger partial charge in [0.05, 0.1) is 0 Å². The number of nitrogens with one attached hydrogen (secondary N) is 1. The van der Waals surface area contributed by atoms with E-state index in [1.165, 1.54) is 6.20 Å². The molecule has 0 aliphatic carbocycles. The molecule has 2 heterocycles. The van der Waals surface area contributed by atoms with Crippen LogP contribution in [0.15, 0.2) is 77.6 Å². The van der Waals surface area contributed by atoms with Crippen molar-refractivity contribution in [1.29, 1.82) is 0 Å². The second-order valence-electron chi connectivity index (χ2n) is 5.64. The minimum absolute atomic E-state index is 0.248. The van der Waals surface area contributed by atoms with Gasteiger partial charge < -0.3 is 9.15 Å². The number of carbonyl (C=O) groups excluding carboxylic acids is 1. The van der Waals surface area contributed by atoms with Crippen molar-refractivity contribution in [2.24, 2.45) is 0 Å². The third-order valence-corrected chi connectivity index (χ3v) is 4.42. The summed E-state index contributed by atoms with van der Waals surface area (Å²) in [5, 5.41) is 2.62. The van der Waals surface area contributed by atoms with Gasteiger partial charge in [0.15, 0.2) is 0 Å². The fourth-order valence-corrected chi connectivity index (χ4v) is 2.72. The molecule has 0 radical (unpaired) electrons. The van der Waals surface area contributed by atoms with Crippen molar-refractivity contribution in [2.75, 3.05) is 5.32 Å². The van der Waals surface area contributed by atoms with Crippen LogP contribution in [0.25, 0.3) is 11.5 Å². The molecule has 138 valence electrons. The van der Waals surface area contributed by atoms with Gasteiger partial charge in [-0.1, -0.05) is 0 Å². The molecule has 28 heavy (non-hydrogen) atoms. The molecule has 0 unspecified atom stereocenters. The van der Waals surface area contributed by atoms with Gasteiger partial charge in [0, 0.05) is 27.1 Å². The standard InChI is InChI=1S/C20H13IN4O3/c21-15-6-2-14(3-7-15)19-24-12-17(28-19)27-16-8-4-13(5-9-16)18(26)25-20-22-10-1-11-23-20/h1-12H,(H,22,23,25,26). The SMILES string of the molecule is O=C(Nc1ncccn1)c1ccc(Oc2cnc(-c3ccc(I)cc3)o2)cc1. The lowest BCUT2D eigenvalue weighted by molar-refractivity contribution is 0.102. The molecule has 2 aromatic heterocycles. The molecule has 4 rings (SSSR count). The molecule has 0 atom stereocenters. The maximum absolute atomic E-state index is 12.2. The molecule has 0 aliphatic heterocycles. The lowest BCUT2D eigenvalue weighted by Crippen LogP contribution is -2.13. The average Bonchev–Trinajstić information content (AvgIpc) is 3.18. The fourth-order valence-electron chi connectivity index (χ4n) is 2.36. The van der Waals surface area contributed by atoms with Crippen LogP contribution in [-0.4, -0.2) is 20.9 Å².